The number of anilines is 1. The number of aromatic nitrogens is 1. The zero-order valence-electron chi connectivity index (χ0n) is 17.9. The predicted molar refractivity (Wildman–Crippen MR) is 125 cm³/mol. The second-order valence-electron chi connectivity index (χ2n) is 8.99. The maximum absolute atomic E-state index is 10.2. The number of para-hydroxylation sites is 2. The fourth-order valence-corrected chi connectivity index (χ4v) is 5.58. The molecule has 160 valence electrons. The third kappa shape index (κ3) is 4.00. The summed E-state index contributed by atoms with van der Waals surface area (Å²) in [6, 6.07) is 16.6. The number of hydrogen-bond donors (Lipinski definition) is 2. The van der Waals surface area contributed by atoms with Gasteiger partial charge < -0.3 is 15.0 Å². The second-order valence-corrected chi connectivity index (χ2v) is 8.99. The normalized spacial score (nSPS) is 22.9. The molecule has 2 N–H and O–H groups in total. The summed E-state index contributed by atoms with van der Waals surface area (Å²) >= 11 is 0. The molecule has 0 amide bonds. The predicted octanol–water partition coefficient (Wildman–Crippen LogP) is 4.98. The van der Waals surface area contributed by atoms with Crippen molar-refractivity contribution in [2.24, 2.45) is 0 Å². The van der Waals surface area contributed by atoms with Gasteiger partial charge in [0.2, 0.25) is 0 Å². The number of phenolic OH excluding ortho intramolecular Hbond substituents is 1. The molecule has 5 rings (SSSR count). The van der Waals surface area contributed by atoms with Crippen LogP contribution >= 0.6 is 0 Å². The van der Waals surface area contributed by atoms with E-state index in [-0.39, 0.29) is 0 Å². The number of phenols is 1. The van der Waals surface area contributed by atoms with E-state index in [9.17, 15) is 10.4 Å². The van der Waals surface area contributed by atoms with Crippen LogP contribution in [0.2, 0.25) is 0 Å². The Morgan fingerprint density at radius 2 is 1.81 bits per heavy atom. The lowest BCUT2D eigenvalue weighted by Gasteiger charge is -2.36. The first-order valence-electron chi connectivity index (χ1n) is 11.5. The van der Waals surface area contributed by atoms with Crippen molar-refractivity contribution in [1.82, 2.24) is 9.88 Å². The summed E-state index contributed by atoms with van der Waals surface area (Å²) in [5.74, 6) is 0.957. The topological polar surface area (TPSA) is 66.3 Å². The standard InChI is InChI=1S/C26H30N4O/c27-17-19-6-11-24-22(16-19)23(18-28-24)20-7-9-21(10-8-20)29-12-3-13-30(15-14-29)25-4-1-2-5-26(25)31/h1-2,4-6,11,16,18,20-21,28,31H,3,7-10,12-15H2. The van der Waals surface area contributed by atoms with E-state index in [0.717, 1.165) is 49.4 Å². The van der Waals surface area contributed by atoms with Crippen molar-refractivity contribution in [2.75, 3.05) is 31.1 Å². The van der Waals surface area contributed by atoms with Crippen LogP contribution < -0.4 is 4.90 Å². The SMILES string of the molecule is N#Cc1ccc2[nH]cc(C3CCC(N4CCCN(c5ccccc5O)CC4)CC3)c2c1. The van der Waals surface area contributed by atoms with Gasteiger partial charge in [-0.15, -0.1) is 0 Å². The Kier molecular flexibility index (Phi) is 5.57. The van der Waals surface area contributed by atoms with Gasteiger partial charge in [0.15, 0.2) is 0 Å². The fraction of sp³-hybridized carbons (Fsp3) is 0.423. The van der Waals surface area contributed by atoms with Crippen molar-refractivity contribution >= 4 is 16.6 Å². The molecule has 3 aromatic rings. The molecule has 0 unspecified atom stereocenters. The van der Waals surface area contributed by atoms with Crippen molar-refractivity contribution < 1.29 is 5.11 Å². The number of benzene rings is 2. The van der Waals surface area contributed by atoms with E-state index >= 15 is 0 Å². The lowest BCUT2D eigenvalue weighted by atomic mass is 9.81. The second kappa shape index (κ2) is 8.64. The summed E-state index contributed by atoms with van der Waals surface area (Å²) in [6.07, 6.45) is 8.15. The molecule has 1 aromatic heterocycles. The van der Waals surface area contributed by atoms with Crippen molar-refractivity contribution in [1.29, 1.82) is 5.26 Å². The summed E-state index contributed by atoms with van der Waals surface area (Å²) < 4.78 is 0. The van der Waals surface area contributed by atoms with Crippen molar-refractivity contribution in [3.05, 3.63) is 59.8 Å². The van der Waals surface area contributed by atoms with Crippen LogP contribution in [0.1, 0.15) is 49.1 Å². The van der Waals surface area contributed by atoms with E-state index in [2.05, 4.69) is 27.0 Å². The minimum absolute atomic E-state index is 0.384. The molecule has 1 aliphatic carbocycles. The van der Waals surface area contributed by atoms with Gasteiger partial charge in [0.1, 0.15) is 5.75 Å². The maximum atomic E-state index is 10.2. The zero-order valence-corrected chi connectivity index (χ0v) is 17.9. The zero-order chi connectivity index (χ0) is 21.2. The quantitative estimate of drug-likeness (QED) is 0.634. The highest BCUT2D eigenvalue weighted by molar-refractivity contribution is 5.85. The number of nitrogens with one attached hydrogen (secondary N) is 1. The molecule has 2 aliphatic rings. The Hall–Kier alpha value is -2.97. The Morgan fingerprint density at radius 3 is 2.61 bits per heavy atom. The number of aromatic amines is 1. The largest absolute Gasteiger partial charge is 0.506 e. The number of hydrogen-bond acceptors (Lipinski definition) is 4. The Bertz CT molecular complexity index is 1090. The van der Waals surface area contributed by atoms with E-state index in [0.29, 0.717) is 17.7 Å². The number of nitrogens with zero attached hydrogens (tertiary/aromatic N) is 3. The first-order chi connectivity index (χ1) is 15.2. The van der Waals surface area contributed by atoms with Gasteiger partial charge >= 0.3 is 0 Å². The first kappa shape index (κ1) is 20.0. The minimum Gasteiger partial charge on any atom is -0.506 e. The van der Waals surface area contributed by atoms with Crippen LogP contribution in [-0.4, -0.2) is 47.2 Å². The summed E-state index contributed by atoms with van der Waals surface area (Å²) in [5.41, 5.74) is 4.21. The van der Waals surface area contributed by atoms with Crippen LogP contribution in [0.4, 0.5) is 5.69 Å². The third-order valence-electron chi connectivity index (χ3n) is 7.25. The maximum Gasteiger partial charge on any atom is 0.138 e. The molecular formula is C26H30N4O. The van der Waals surface area contributed by atoms with Gasteiger partial charge in [0, 0.05) is 49.3 Å². The number of H-pyrrole nitrogens is 1. The highest BCUT2D eigenvalue weighted by Gasteiger charge is 2.29. The molecular weight excluding hydrogens is 384 g/mol. The number of rotatable bonds is 3. The number of nitriles is 1. The third-order valence-corrected chi connectivity index (χ3v) is 7.25. The summed E-state index contributed by atoms with van der Waals surface area (Å²) in [7, 11) is 0. The van der Waals surface area contributed by atoms with Crippen LogP contribution in [0.15, 0.2) is 48.7 Å². The van der Waals surface area contributed by atoms with E-state index < -0.39 is 0 Å². The van der Waals surface area contributed by atoms with E-state index in [4.69, 9.17) is 0 Å². The Morgan fingerprint density at radius 1 is 0.968 bits per heavy atom. The van der Waals surface area contributed by atoms with E-state index in [1.165, 1.54) is 36.6 Å². The van der Waals surface area contributed by atoms with E-state index in [1.54, 1.807) is 6.07 Å². The molecule has 2 aromatic carbocycles. The van der Waals surface area contributed by atoms with Gasteiger partial charge in [-0.3, -0.25) is 4.90 Å². The summed E-state index contributed by atoms with van der Waals surface area (Å²) in [4.78, 5) is 8.41. The molecule has 5 heteroatoms. The summed E-state index contributed by atoms with van der Waals surface area (Å²) in [6.45, 7) is 4.16. The Labute approximate surface area is 183 Å². The van der Waals surface area contributed by atoms with Gasteiger partial charge in [-0.25, -0.2) is 0 Å². The lowest BCUT2D eigenvalue weighted by Crippen LogP contribution is -2.40. The van der Waals surface area contributed by atoms with Gasteiger partial charge in [0.25, 0.3) is 0 Å². The molecule has 0 spiro atoms. The molecule has 5 nitrogen and oxygen atoms in total. The molecule has 31 heavy (non-hydrogen) atoms. The van der Waals surface area contributed by atoms with Gasteiger partial charge in [-0.2, -0.15) is 5.26 Å². The lowest BCUT2D eigenvalue weighted by molar-refractivity contribution is 0.159. The molecule has 2 heterocycles. The van der Waals surface area contributed by atoms with Gasteiger partial charge in [-0.1, -0.05) is 12.1 Å². The van der Waals surface area contributed by atoms with Gasteiger partial charge in [0.05, 0.1) is 17.3 Å². The van der Waals surface area contributed by atoms with Crippen LogP contribution in [0, 0.1) is 11.3 Å². The monoisotopic (exact) mass is 414 g/mol. The average molecular weight is 415 g/mol. The molecule has 0 radical (unpaired) electrons. The highest BCUT2D eigenvalue weighted by Crippen LogP contribution is 2.38. The Balaban J connectivity index is 1.22. The van der Waals surface area contributed by atoms with Crippen molar-refractivity contribution in [2.45, 2.75) is 44.1 Å². The van der Waals surface area contributed by atoms with Crippen LogP contribution in [0.25, 0.3) is 10.9 Å². The highest BCUT2D eigenvalue weighted by atomic mass is 16.3. The summed E-state index contributed by atoms with van der Waals surface area (Å²) in [5, 5.41) is 20.7. The molecule has 0 bridgehead atoms. The van der Waals surface area contributed by atoms with Crippen molar-refractivity contribution in [3.8, 4) is 11.8 Å². The minimum atomic E-state index is 0.384. The number of aromatic hydroxyl groups is 1. The molecule has 1 saturated heterocycles. The molecule has 1 saturated carbocycles. The van der Waals surface area contributed by atoms with Crippen molar-refractivity contribution in [3.63, 3.8) is 0 Å². The number of fused-ring (bicyclic) bond motifs is 1. The molecule has 0 atom stereocenters. The average Bonchev–Trinajstić information content (AvgIpc) is 3.08. The van der Waals surface area contributed by atoms with Crippen LogP contribution in [-0.2, 0) is 0 Å². The van der Waals surface area contributed by atoms with Crippen LogP contribution in [0.5, 0.6) is 5.75 Å². The smallest absolute Gasteiger partial charge is 0.138 e. The van der Waals surface area contributed by atoms with Gasteiger partial charge in [-0.05, 0) is 73.9 Å². The fourth-order valence-electron chi connectivity index (χ4n) is 5.58. The first-order valence-corrected chi connectivity index (χ1v) is 11.5. The van der Waals surface area contributed by atoms with Crippen LogP contribution in [0.3, 0.4) is 0 Å². The molecule has 1 aliphatic heterocycles. The van der Waals surface area contributed by atoms with E-state index in [1.807, 2.05) is 36.4 Å². The molecule has 2 fully saturated rings.